The number of rotatable bonds is 3. The van der Waals surface area contributed by atoms with Crippen LogP contribution >= 0.6 is 0 Å². The van der Waals surface area contributed by atoms with E-state index in [2.05, 4.69) is 5.32 Å². The van der Waals surface area contributed by atoms with Gasteiger partial charge >= 0.3 is 0 Å². The molecule has 4 nitrogen and oxygen atoms in total. The molecule has 0 aromatic heterocycles. The standard InChI is InChI=1S/C14H18F2N2O2/c1-9-12(4-3-11(15)13(9)16)17-14(19)10(2)18-5-7-20-8-6-18/h3-4,10H,5-8H2,1-2H3,(H,17,19). The minimum Gasteiger partial charge on any atom is -0.379 e. The molecule has 1 N–H and O–H groups in total. The summed E-state index contributed by atoms with van der Waals surface area (Å²) in [5.41, 5.74) is 0.404. The highest BCUT2D eigenvalue weighted by Gasteiger charge is 2.24. The van der Waals surface area contributed by atoms with E-state index in [9.17, 15) is 13.6 Å². The van der Waals surface area contributed by atoms with Gasteiger partial charge in [0.15, 0.2) is 11.6 Å². The first-order valence-electron chi connectivity index (χ1n) is 6.58. The summed E-state index contributed by atoms with van der Waals surface area (Å²) in [6, 6.07) is 2.04. The minimum absolute atomic E-state index is 0.104. The number of morpholine rings is 1. The molecule has 110 valence electrons. The van der Waals surface area contributed by atoms with Crippen molar-refractivity contribution in [2.45, 2.75) is 19.9 Å². The molecule has 1 saturated heterocycles. The van der Waals surface area contributed by atoms with Crippen LogP contribution in [0.4, 0.5) is 14.5 Å². The van der Waals surface area contributed by atoms with Crippen LogP contribution < -0.4 is 5.32 Å². The highest BCUT2D eigenvalue weighted by molar-refractivity contribution is 5.95. The van der Waals surface area contributed by atoms with Crippen LogP contribution in [0.3, 0.4) is 0 Å². The number of anilines is 1. The molecule has 1 aliphatic rings. The Hall–Kier alpha value is -1.53. The summed E-state index contributed by atoms with van der Waals surface area (Å²) in [6.07, 6.45) is 0. The topological polar surface area (TPSA) is 41.6 Å². The van der Waals surface area contributed by atoms with Crippen molar-refractivity contribution in [3.63, 3.8) is 0 Å². The predicted octanol–water partition coefficient (Wildman–Crippen LogP) is 1.93. The average Bonchev–Trinajstić information content (AvgIpc) is 2.48. The molecule has 1 heterocycles. The Balaban J connectivity index is 2.05. The molecular weight excluding hydrogens is 266 g/mol. The number of nitrogens with one attached hydrogen (secondary N) is 1. The monoisotopic (exact) mass is 284 g/mol. The Morgan fingerprint density at radius 3 is 2.65 bits per heavy atom. The molecule has 1 atom stereocenters. The van der Waals surface area contributed by atoms with Crippen LogP contribution in [0.1, 0.15) is 12.5 Å². The fourth-order valence-electron chi connectivity index (χ4n) is 2.16. The van der Waals surface area contributed by atoms with Crippen molar-refractivity contribution in [3.05, 3.63) is 29.3 Å². The van der Waals surface area contributed by atoms with E-state index in [4.69, 9.17) is 4.74 Å². The van der Waals surface area contributed by atoms with Gasteiger partial charge in [0.1, 0.15) is 0 Å². The van der Waals surface area contributed by atoms with Crippen molar-refractivity contribution in [3.8, 4) is 0 Å². The fourth-order valence-corrected chi connectivity index (χ4v) is 2.16. The van der Waals surface area contributed by atoms with Gasteiger partial charge in [-0.1, -0.05) is 0 Å². The van der Waals surface area contributed by atoms with E-state index in [0.717, 1.165) is 6.07 Å². The number of halogens is 2. The molecular formula is C14H18F2N2O2. The van der Waals surface area contributed by atoms with E-state index in [1.807, 2.05) is 4.90 Å². The third kappa shape index (κ3) is 3.13. The Kier molecular flexibility index (Phi) is 4.67. The average molecular weight is 284 g/mol. The van der Waals surface area contributed by atoms with Crippen molar-refractivity contribution < 1.29 is 18.3 Å². The van der Waals surface area contributed by atoms with Crippen molar-refractivity contribution >= 4 is 11.6 Å². The molecule has 0 aliphatic carbocycles. The molecule has 6 heteroatoms. The van der Waals surface area contributed by atoms with Crippen LogP contribution in [-0.2, 0) is 9.53 Å². The lowest BCUT2D eigenvalue weighted by Crippen LogP contribution is -2.47. The fraction of sp³-hybridized carbons (Fsp3) is 0.500. The molecule has 20 heavy (non-hydrogen) atoms. The molecule has 1 aliphatic heterocycles. The van der Waals surface area contributed by atoms with Crippen LogP contribution in [0, 0.1) is 18.6 Å². The normalized spacial score (nSPS) is 17.8. The first kappa shape index (κ1) is 14.9. The molecule has 1 unspecified atom stereocenters. The number of carbonyl (C=O) groups excluding carboxylic acids is 1. The van der Waals surface area contributed by atoms with Gasteiger partial charge in [-0.3, -0.25) is 9.69 Å². The van der Waals surface area contributed by atoms with E-state index in [0.29, 0.717) is 32.0 Å². The van der Waals surface area contributed by atoms with E-state index < -0.39 is 11.6 Å². The first-order chi connectivity index (χ1) is 9.50. The van der Waals surface area contributed by atoms with Gasteiger partial charge in [-0.2, -0.15) is 0 Å². The van der Waals surface area contributed by atoms with Gasteiger partial charge in [0.25, 0.3) is 0 Å². The largest absolute Gasteiger partial charge is 0.379 e. The van der Waals surface area contributed by atoms with Crippen LogP contribution in [0.2, 0.25) is 0 Å². The highest BCUT2D eigenvalue weighted by atomic mass is 19.2. The SMILES string of the molecule is Cc1c(NC(=O)C(C)N2CCOCC2)ccc(F)c1F. The number of carbonyl (C=O) groups is 1. The molecule has 1 amide bonds. The van der Waals surface area contributed by atoms with Crippen molar-refractivity contribution in [1.29, 1.82) is 0 Å². The highest BCUT2D eigenvalue weighted by Crippen LogP contribution is 2.21. The lowest BCUT2D eigenvalue weighted by Gasteiger charge is -2.31. The van der Waals surface area contributed by atoms with Gasteiger partial charge in [0.05, 0.1) is 19.3 Å². The second-order valence-corrected chi connectivity index (χ2v) is 4.85. The third-order valence-electron chi connectivity index (χ3n) is 3.57. The lowest BCUT2D eigenvalue weighted by molar-refractivity contribution is -0.122. The van der Waals surface area contributed by atoms with E-state index in [-0.39, 0.29) is 17.5 Å². The van der Waals surface area contributed by atoms with E-state index in [1.54, 1.807) is 6.92 Å². The maximum Gasteiger partial charge on any atom is 0.241 e. The summed E-state index contributed by atoms with van der Waals surface area (Å²) in [6.45, 7) is 5.80. The zero-order valence-corrected chi connectivity index (χ0v) is 11.6. The van der Waals surface area contributed by atoms with Gasteiger partial charge in [-0.15, -0.1) is 0 Å². The second-order valence-electron chi connectivity index (χ2n) is 4.85. The quantitative estimate of drug-likeness (QED) is 0.922. The Morgan fingerprint density at radius 1 is 1.35 bits per heavy atom. The number of hydrogen-bond acceptors (Lipinski definition) is 3. The maximum absolute atomic E-state index is 13.4. The van der Waals surface area contributed by atoms with E-state index >= 15 is 0 Å². The summed E-state index contributed by atoms with van der Waals surface area (Å²) in [7, 11) is 0. The number of hydrogen-bond donors (Lipinski definition) is 1. The summed E-state index contributed by atoms with van der Waals surface area (Å²) in [4.78, 5) is 14.1. The van der Waals surface area contributed by atoms with Gasteiger partial charge in [-0.05, 0) is 26.0 Å². The van der Waals surface area contributed by atoms with Crippen LogP contribution in [0.25, 0.3) is 0 Å². The second kappa shape index (κ2) is 6.28. The van der Waals surface area contributed by atoms with Gasteiger partial charge in [0, 0.05) is 24.3 Å². The molecule has 0 bridgehead atoms. The van der Waals surface area contributed by atoms with Gasteiger partial charge in [0.2, 0.25) is 5.91 Å². The molecule has 0 saturated carbocycles. The van der Waals surface area contributed by atoms with Crippen LogP contribution in [0.15, 0.2) is 12.1 Å². The van der Waals surface area contributed by atoms with Crippen molar-refractivity contribution in [2.75, 3.05) is 31.6 Å². The molecule has 2 rings (SSSR count). The number of amides is 1. The zero-order chi connectivity index (χ0) is 14.7. The van der Waals surface area contributed by atoms with Crippen LogP contribution in [-0.4, -0.2) is 43.2 Å². The number of benzene rings is 1. The minimum atomic E-state index is -0.929. The smallest absolute Gasteiger partial charge is 0.241 e. The Morgan fingerprint density at radius 2 is 2.00 bits per heavy atom. The predicted molar refractivity (Wildman–Crippen MR) is 71.6 cm³/mol. The summed E-state index contributed by atoms with van der Waals surface area (Å²) in [5.74, 6) is -2.08. The summed E-state index contributed by atoms with van der Waals surface area (Å²) in [5, 5.41) is 2.65. The van der Waals surface area contributed by atoms with Gasteiger partial charge < -0.3 is 10.1 Å². The van der Waals surface area contributed by atoms with E-state index in [1.165, 1.54) is 13.0 Å². The Labute approximate surface area is 116 Å². The number of ether oxygens (including phenoxy) is 1. The van der Waals surface area contributed by atoms with Crippen molar-refractivity contribution in [1.82, 2.24) is 4.90 Å². The third-order valence-corrected chi connectivity index (χ3v) is 3.57. The Bertz CT molecular complexity index is 502. The van der Waals surface area contributed by atoms with Crippen LogP contribution in [0.5, 0.6) is 0 Å². The molecule has 1 aromatic rings. The zero-order valence-electron chi connectivity index (χ0n) is 11.6. The molecule has 1 fully saturated rings. The maximum atomic E-state index is 13.4. The molecule has 1 aromatic carbocycles. The first-order valence-corrected chi connectivity index (χ1v) is 6.58. The summed E-state index contributed by atoms with van der Waals surface area (Å²) < 4.78 is 31.7. The lowest BCUT2D eigenvalue weighted by atomic mass is 10.1. The number of nitrogens with zero attached hydrogens (tertiary/aromatic N) is 1. The van der Waals surface area contributed by atoms with Gasteiger partial charge in [-0.25, -0.2) is 8.78 Å². The van der Waals surface area contributed by atoms with Crippen molar-refractivity contribution in [2.24, 2.45) is 0 Å². The molecule has 0 spiro atoms. The summed E-state index contributed by atoms with van der Waals surface area (Å²) >= 11 is 0. The molecule has 0 radical (unpaired) electrons.